The number of amides is 1. The number of hydrogen-bond acceptors (Lipinski definition) is 5. The number of ether oxygens (including phenoxy) is 1. The summed E-state index contributed by atoms with van der Waals surface area (Å²) in [5.74, 6) is 0.808. The van der Waals surface area contributed by atoms with E-state index in [-0.39, 0.29) is 23.9 Å². The Morgan fingerprint density at radius 1 is 1.15 bits per heavy atom. The van der Waals surface area contributed by atoms with E-state index in [0.717, 1.165) is 22.4 Å². The van der Waals surface area contributed by atoms with Crippen molar-refractivity contribution in [2.45, 2.75) is 33.9 Å². The molecule has 3 aromatic rings. The number of carbonyl (C=O) groups is 1. The van der Waals surface area contributed by atoms with Crippen molar-refractivity contribution in [1.82, 2.24) is 9.78 Å². The normalized spacial score (nSPS) is 10.6. The predicted molar refractivity (Wildman–Crippen MR) is 105 cm³/mol. The third-order valence-corrected chi connectivity index (χ3v) is 4.29. The summed E-state index contributed by atoms with van der Waals surface area (Å²) in [5.41, 5.74) is 3.99. The minimum Gasteiger partial charge on any atom is -0.484 e. The number of aryl methyl sites for hydroxylation is 3. The fraction of sp³-hybridized carbons (Fsp3) is 0.250. The lowest BCUT2D eigenvalue weighted by molar-refractivity contribution is -0.117. The molecule has 0 atom stereocenters. The molecule has 1 N–H and O–H groups in total. The van der Waals surface area contributed by atoms with E-state index in [1.165, 1.54) is 4.68 Å². The number of anilines is 1. The highest BCUT2D eigenvalue weighted by Gasteiger charge is 2.11. The van der Waals surface area contributed by atoms with Gasteiger partial charge in [0.2, 0.25) is 5.91 Å². The van der Waals surface area contributed by atoms with Gasteiger partial charge in [-0.05, 0) is 62.3 Å². The first-order valence-corrected chi connectivity index (χ1v) is 8.95. The van der Waals surface area contributed by atoms with Gasteiger partial charge in [-0.2, -0.15) is 0 Å². The summed E-state index contributed by atoms with van der Waals surface area (Å²) in [5, 5.41) is 7.10. The lowest BCUT2D eigenvalue weighted by Gasteiger charge is -2.09. The van der Waals surface area contributed by atoms with Gasteiger partial charge in [0.1, 0.15) is 12.3 Å². The lowest BCUT2D eigenvalue weighted by Crippen LogP contribution is -2.20. The molecule has 0 spiro atoms. The molecule has 7 heteroatoms. The summed E-state index contributed by atoms with van der Waals surface area (Å²) < 4.78 is 12.4. The molecule has 1 amide bonds. The largest absolute Gasteiger partial charge is 0.484 e. The van der Waals surface area contributed by atoms with Crippen LogP contribution in [-0.4, -0.2) is 15.7 Å². The molecule has 0 bridgehead atoms. The zero-order valence-corrected chi connectivity index (χ0v) is 16.3. The first-order chi connectivity index (χ1) is 12.9. The second-order valence-electron chi connectivity index (χ2n) is 6.39. The third kappa shape index (κ3) is 5.04. The van der Waals surface area contributed by atoms with Crippen LogP contribution < -0.4 is 10.1 Å². The number of carbonyl (C=O) groups excluding carboxylic acids is 1. The average Bonchev–Trinajstić information content (AvgIpc) is 2.97. The molecule has 0 aliphatic heterocycles. The highest BCUT2D eigenvalue weighted by Crippen LogP contribution is 2.17. The van der Waals surface area contributed by atoms with Crippen LogP contribution in [0.5, 0.6) is 5.75 Å². The number of benzene rings is 2. The number of rotatable bonds is 6. The Hall–Kier alpha value is -2.93. The van der Waals surface area contributed by atoms with E-state index in [4.69, 9.17) is 21.4 Å². The Kier molecular flexibility index (Phi) is 5.71. The Bertz CT molecular complexity index is 1010. The van der Waals surface area contributed by atoms with Gasteiger partial charge in [0.15, 0.2) is 6.61 Å². The number of aromatic nitrogens is 2. The maximum atomic E-state index is 12.3. The first-order valence-electron chi connectivity index (χ1n) is 8.54. The Morgan fingerprint density at radius 2 is 1.85 bits per heavy atom. The van der Waals surface area contributed by atoms with Crippen LogP contribution in [0, 0.1) is 25.6 Å². The molecule has 140 valence electrons. The van der Waals surface area contributed by atoms with Crippen molar-refractivity contribution in [3.8, 4) is 5.75 Å². The van der Waals surface area contributed by atoms with Gasteiger partial charge in [-0.25, -0.2) is 4.68 Å². The van der Waals surface area contributed by atoms with E-state index < -0.39 is 0 Å². The van der Waals surface area contributed by atoms with Crippen molar-refractivity contribution < 1.29 is 13.9 Å². The van der Waals surface area contributed by atoms with Gasteiger partial charge in [-0.15, -0.1) is 5.10 Å². The van der Waals surface area contributed by atoms with Gasteiger partial charge in [0, 0.05) is 5.69 Å². The smallest absolute Gasteiger partial charge is 0.287 e. The van der Waals surface area contributed by atoms with Crippen LogP contribution in [0.15, 0.2) is 46.9 Å². The van der Waals surface area contributed by atoms with Crippen molar-refractivity contribution in [2.75, 3.05) is 5.32 Å². The molecule has 0 aliphatic carbocycles. The Balaban J connectivity index is 1.62. The highest BCUT2D eigenvalue weighted by atomic mass is 32.1. The van der Waals surface area contributed by atoms with Crippen molar-refractivity contribution in [3.63, 3.8) is 0 Å². The van der Waals surface area contributed by atoms with Gasteiger partial charge in [0.05, 0.1) is 0 Å². The summed E-state index contributed by atoms with van der Waals surface area (Å²) in [6.45, 7) is 6.03. The van der Waals surface area contributed by atoms with E-state index in [2.05, 4.69) is 10.4 Å². The van der Waals surface area contributed by atoms with Crippen LogP contribution in [0.25, 0.3) is 0 Å². The van der Waals surface area contributed by atoms with E-state index in [1.807, 2.05) is 63.2 Å². The molecule has 6 nitrogen and oxygen atoms in total. The van der Waals surface area contributed by atoms with Gasteiger partial charge >= 0.3 is 0 Å². The molecule has 0 saturated carbocycles. The third-order valence-electron chi connectivity index (χ3n) is 3.99. The van der Waals surface area contributed by atoms with Crippen LogP contribution in [0.2, 0.25) is 0 Å². The Morgan fingerprint density at radius 3 is 2.59 bits per heavy atom. The maximum absolute atomic E-state index is 12.3. The SMILES string of the molecule is Cc1ccc(OCc2nn(CC(=O)Nc3cc(C)ccc3C)c(=S)o2)cc1. The van der Waals surface area contributed by atoms with E-state index in [9.17, 15) is 4.79 Å². The van der Waals surface area contributed by atoms with Crippen LogP contribution in [-0.2, 0) is 17.9 Å². The Labute approximate surface area is 162 Å². The molecule has 0 unspecified atom stereocenters. The lowest BCUT2D eigenvalue weighted by atomic mass is 10.1. The fourth-order valence-corrected chi connectivity index (χ4v) is 2.68. The molecular weight excluding hydrogens is 362 g/mol. The minimum atomic E-state index is -0.223. The standard InChI is InChI=1S/C20H21N3O3S/c1-13-5-8-16(9-6-13)25-12-19-22-23(20(27)26-19)11-18(24)21-17-10-14(2)4-7-15(17)3/h4-10H,11-12H2,1-3H3,(H,21,24). The van der Waals surface area contributed by atoms with Crippen molar-refractivity contribution in [3.05, 3.63) is 69.9 Å². The van der Waals surface area contributed by atoms with Crippen molar-refractivity contribution in [1.29, 1.82) is 0 Å². The fourth-order valence-electron chi connectivity index (χ4n) is 2.48. The molecule has 1 aromatic heterocycles. The molecular formula is C20H21N3O3S. The zero-order chi connectivity index (χ0) is 19.4. The quantitative estimate of drug-likeness (QED) is 0.641. The zero-order valence-electron chi connectivity index (χ0n) is 15.5. The van der Waals surface area contributed by atoms with Crippen LogP contribution in [0.1, 0.15) is 22.6 Å². The second kappa shape index (κ2) is 8.18. The molecule has 3 rings (SSSR count). The molecule has 0 saturated heterocycles. The van der Waals surface area contributed by atoms with E-state index in [1.54, 1.807) is 0 Å². The number of nitrogens with one attached hydrogen (secondary N) is 1. The molecule has 0 fully saturated rings. The van der Waals surface area contributed by atoms with E-state index in [0.29, 0.717) is 11.6 Å². The highest BCUT2D eigenvalue weighted by molar-refractivity contribution is 7.71. The summed E-state index contributed by atoms with van der Waals surface area (Å²) in [6, 6.07) is 13.6. The summed E-state index contributed by atoms with van der Waals surface area (Å²) in [6.07, 6.45) is 0. The molecule has 0 aliphatic rings. The van der Waals surface area contributed by atoms with Crippen LogP contribution in [0.4, 0.5) is 5.69 Å². The van der Waals surface area contributed by atoms with Gasteiger partial charge < -0.3 is 14.5 Å². The van der Waals surface area contributed by atoms with Gasteiger partial charge in [-0.3, -0.25) is 4.79 Å². The summed E-state index contributed by atoms with van der Waals surface area (Å²) >= 11 is 5.15. The maximum Gasteiger partial charge on any atom is 0.287 e. The molecule has 27 heavy (non-hydrogen) atoms. The molecule has 0 radical (unpaired) electrons. The molecule has 2 aromatic carbocycles. The topological polar surface area (TPSA) is 69.3 Å². The van der Waals surface area contributed by atoms with Gasteiger partial charge in [-0.1, -0.05) is 29.8 Å². The summed E-state index contributed by atoms with van der Waals surface area (Å²) in [7, 11) is 0. The molecule has 1 heterocycles. The average molecular weight is 383 g/mol. The van der Waals surface area contributed by atoms with Crippen molar-refractivity contribution in [2.24, 2.45) is 0 Å². The predicted octanol–water partition coefficient (Wildman–Crippen LogP) is 4.35. The minimum absolute atomic E-state index is 0.0275. The van der Waals surface area contributed by atoms with Crippen molar-refractivity contribution >= 4 is 23.8 Å². The van der Waals surface area contributed by atoms with Crippen LogP contribution >= 0.6 is 12.2 Å². The van der Waals surface area contributed by atoms with E-state index >= 15 is 0 Å². The number of nitrogens with zero attached hydrogens (tertiary/aromatic N) is 2. The monoisotopic (exact) mass is 383 g/mol. The van der Waals surface area contributed by atoms with Gasteiger partial charge in [0.25, 0.3) is 10.7 Å². The second-order valence-corrected chi connectivity index (χ2v) is 6.74. The summed E-state index contributed by atoms with van der Waals surface area (Å²) in [4.78, 5) is 12.5. The number of hydrogen-bond donors (Lipinski definition) is 1. The first kappa shape index (κ1) is 18.8. The van der Waals surface area contributed by atoms with Crippen LogP contribution in [0.3, 0.4) is 0 Å².